The van der Waals surface area contributed by atoms with Crippen molar-refractivity contribution in [3.05, 3.63) is 87.9 Å². The topological polar surface area (TPSA) is 83.9 Å². The molecule has 0 bridgehead atoms. The van der Waals surface area contributed by atoms with Crippen molar-refractivity contribution < 1.29 is 31.8 Å². The molecule has 3 aromatic rings. The van der Waals surface area contributed by atoms with Crippen LogP contribution < -0.4 is 9.04 Å². The number of rotatable bonds is 8. The Hall–Kier alpha value is -3.43. The molecule has 39 heavy (non-hydrogen) atoms. The number of hydrogen-bond acceptors (Lipinski definition) is 4. The van der Waals surface area contributed by atoms with Crippen LogP contribution in [-0.2, 0) is 21.2 Å². The number of ether oxygens (including phenoxy) is 1. The van der Waals surface area contributed by atoms with Gasteiger partial charge >= 0.3 is 5.97 Å². The number of benzene rings is 3. The zero-order valence-corrected chi connectivity index (χ0v) is 23.2. The van der Waals surface area contributed by atoms with Crippen molar-refractivity contribution in [2.75, 3.05) is 18.0 Å². The number of nitrogens with zero attached hydrogens (tertiary/aromatic N) is 1. The van der Waals surface area contributed by atoms with E-state index >= 15 is 0 Å². The number of fused-ring (bicyclic) bond motifs is 1. The third kappa shape index (κ3) is 5.94. The zero-order chi connectivity index (χ0) is 28.5. The fourth-order valence-corrected chi connectivity index (χ4v) is 6.56. The summed E-state index contributed by atoms with van der Waals surface area (Å²) in [6.45, 7) is 3.24. The first kappa shape index (κ1) is 28.6. The van der Waals surface area contributed by atoms with Crippen LogP contribution in [0.5, 0.6) is 5.75 Å². The minimum atomic E-state index is -4.20. The van der Waals surface area contributed by atoms with Crippen LogP contribution in [0.3, 0.4) is 0 Å². The molecule has 4 rings (SSSR count). The van der Waals surface area contributed by atoms with E-state index in [9.17, 15) is 27.1 Å². The molecule has 0 aromatic heterocycles. The van der Waals surface area contributed by atoms with Crippen LogP contribution in [0, 0.1) is 23.0 Å². The second-order valence-corrected chi connectivity index (χ2v) is 12.4. The van der Waals surface area contributed by atoms with Crippen LogP contribution >= 0.6 is 11.6 Å². The van der Waals surface area contributed by atoms with Crippen molar-refractivity contribution in [2.24, 2.45) is 11.3 Å². The number of anilines is 1. The van der Waals surface area contributed by atoms with E-state index in [0.717, 1.165) is 12.1 Å². The Morgan fingerprint density at radius 3 is 2.54 bits per heavy atom. The van der Waals surface area contributed by atoms with Gasteiger partial charge in [-0.05, 0) is 80.1 Å². The van der Waals surface area contributed by atoms with E-state index in [0.29, 0.717) is 23.2 Å². The van der Waals surface area contributed by atoms with Gasteiger partial charge in [-0.25, -0.2) is 17.2 Å². The molecular weight excluding hydrogens is 548 g/mol. The fraction of sp³-hybridized carbons (Fsp3) is 0.276. The highest BCUT2D eigenvalue weighted by Crippen LogP contribution is 2.40. The Morgan fingerprint density at radius 2 is 1.87 bits per heavy atom. The minimum absolute atomic E-state index is 0.0258. The lowest BCUT2D eigenvalue weighted by molar-refractivity contribution is -0.147. The monoisotopic (exact) mass is 575 g/mol. The van der Waals surface area contributed by atoms with Gasteiger partial charge in [-0.15, -0.1) is 0 Å². The van der Waals surface area contributed by atoms with Gasteiger partial charge in [0, 0.05) is 18.2 Å². The Kier molecular flexibility index (Phi) is 8.04. The van der Waals surface area contributed by atoms with Gasteiger partial charge in [0.15, 0.2) is 11.6 Å². The lowest BCUT2D eigenvalue weighted by Crippen LogP contribution is -2.42. The van der Waals surface area contributed by atoms with E-state index in [1.54, 1.807) is 44.2 Å². The third-order valence-corrected chi connectivity index (χ3v) is 8.95. The second kappa shape index (κ2) is 11.0. The highest BCUT2D eigenvalue weighted by atomic mass is 35.5. The highest BCUT2D eigenvalue weighted by molar-refractivity contribution is 7.92. The maximum atomic E-state index is 14.3. The number of carboxylic acids is 1. The largest absolute Gasteiger partial charge is 0.494 e. The van der Waals surface area contributed by atoms with Crippen LogP contribution in [0.15, 0.2) is 59.5 Å². The molecule has 0 saturated heterocycles. The normalized spacial score (nSPS) is 15.8. The predicted octanol–water partition coefficient (Wildman–Crippen LogP) is 6.67. The molecule has 206 valence electrons. The van der Waals surface area contributed by atoms with Crippen LogP contribution in [0.2, 0.25) is 5.02 Å². The molecule has 1 aliphatic rings. The Morgan fingerprint density at radius 1 is 1.13 bits per heavy atom. The van der Waals surface area contributed by atoms with Gasteiger partial charge < -0.3 is 9.84 Å². The smallest absolute Gasteiger partial charge is 0.309 e. The Labute approximate surface area is 231 Å². The van der Waals surface area contributed by atoms with Crippen LogP contribution in [0.25, 0.3) is 12.2 Å². The van der Waals surface area contributed by atoms with Gasteiger partial charge in [0.2, 0.25) is 0 Å². The standard InChI is InChI=1S/C29H28ClF2NO5S/c1-29(2,28(34)35)16-19-13-20-9-7-18(8-11-22-23(30)5-4-6-24(22)31)14-26(20)33(17-19)39(36,37)21-10-12-25(32)27(15-21)38-3/h4-12,14-15,19H,13,16-17H2,1-3H3,(H,34,35). The molecule has 1 atom stereocenters. The fourth-order valence-electron chi connectivity index (χ4n) is 4.75. The molecule has 0 saturated carbocycles. The predicted molar refractivity (Wildman–Crippen MR) is 147 cm³/mol. The average molecular weight is 576 g/mol. The van der Waals surface area contributed by atoms with Crippen LogP contribution in [0.4, 0.5) is 14.5 Å². The molecule has 1 aliphatic heterocycles. The van der Waals surface area contributed by atoms with Crippen molar-refractivity contribution in [3.63, 3.8) is 0 Å². The number of carbonyl (C=O) groups is 1. The lowest BCUT2D eigenvalue weighted by Gasteiger charge is -2.37. The molecule has 1 unspecified atom stereocenters. The molecule has 10 heteroatoms. The summed E-state index contributed by atoms with van der Waals surface area (Å²) in [6.07, 6.45) is 3.86. The molecule has 6 nitrogen and oxygen atoms in total. The maximum absolute atomic E-state index is 14.3. The van der Waals surface area contributed by atoms with E-state index in [1.165, 1.54) is 35.7 Å². The van der Waals surface area contributed by atoms with Crippen LogP contribution in [0.1, 0.15) is 37.0 Å². The summed E-state index contributed by atoms with van der Waals surface area (Å²) in [5.74, 6) is -2.67. The number of aliphatic carboxylic acids is 1. The summed E-state index contributed by atoms with van der Waals surface area (Å²) in [4.78, 5) is 11.6. The first-order valence-corrected chi connectivity index (χ1v) is 14.0. The molecular formula is C29H28ClF2NO5S. The molecule has 1 N–H and O–H groups in total. The van der Waals surface area contributed by atoms with Gasteiger partial charge in [-0.3, -0.25) is 9.10 Å². The molecule has 0 amide bonds. The minimum Gasteiger partial charge on any atom is -0.494 e. The van der Waals surface area contributed by atoms with Crippen molar-refractivity contribution in [2.45, 2.75) is 31.6 Å². The van der Waals surface area contributed by atoms with Crippen molar-refractivity contribution in [1.82, 2.24) is 0 Å². The molecule has 0 fully saturated rings. The van der Waals surface area contributed by atoms with Crippen LogP contribution in [-0.4, -0.2) is 33.1 Å². The first-order chi connectivity index (χ1) is 18.3. The zero-order valence-electron chi connectivity index (χ0n) is 21.6. The summed E-state index contributed by atoms with van der Waals surface area (Å²) in [5.41, 5.74) is 0.860. The van der Waals surface area contributed by atoms with Gasteiger partial charge in [-0.2, -0.15) is 0 Å². The van der Waals surface area contributed by atoms with Gasteiger partial charge in [0.1, 0.15) is 5.82 Å². The maximum Gasteiger partial charge on any atom is 0.309 e. The molecule has 0 aliphatic carbocycles. The number of hydrogen-bond donors (Lipinski definition) is 1. The first-order valence-electron chi connectivity index (χ1n) is 12.2. The van der Waals surface area contributed by atoms with Crippen molar-refractivity contribution in [3.8, 4) is 5.75 Å². The van der Waals surface area contributed by atoms with E-state index in [2.05, 4.69) is 0 Å². The number of halogens is 3. The average Bonchev–Trinajstić information content (AvgIpc) is 2.87. The number of methoxy groups -OCH3 is 1. The quantitative estimate of drug-likeness (QED) is 0.303. The van der Waals surface area contributed by atoms with E-state index in [1.807, 2.05) is 0 Å². The summed E-state index contributed by atoms with van der Waals surface area (Å²) in [7, 11) is -2.95. The van der Waals surface area contributed by atoms with Gasteiger partial charge in [0.25, 0.3) is 10.0 Å². The van der Waals surface area contributed by atoms with Crippen molar-refractivity contribution >= 4 is 45.4 Å². The van der Waals surface area contributed by atoms with E-state index in [-0.39, 0.29) is 40.1 Å². The van der Waals surface area contributed by atoms with E-state index in [4.69, 9.17) is 16.3 Å². The Bertz CT molecular complexity index is 1530. The van der Waals surface area contributed by atoms with Crippen molar-refractivity contribution in [1.29, 1.82) is 0 Å². The summed E-state index contributed by atoms with van der Waals surface area (Å²) < 4.78 is 62.3. The molecule has 1 heterocycles. The lowest BCUT2D eigenvalue weighted by atomic mass is 9.79. The number of carboxylic acid groups (broad SMARTS) is 1. The van der Waals surface area contributed by atoms with Gasteiger partial charge in [-0.1, -0.05) is 35.9 Å². The molecule has 3 aromatic carbocycles. The second-order valence-electron chi connectivity index (χ2n) is 10.2. The summed E-state index contributed by atoms with van der Waals surface area (Å²) in [6, 6.07) is 12.9. The molecule has 0 radical (unpaired) electrons. The third-order valence-electron chi connectivity index (χ3n) is 6.84. The summed E-state index contributed by atoms with van der Waals surface area (Å²) in [5, 5.41) is 9.90. The summed E-state index contributed by atoms with van der Waals surface area (Å²) >= 11 is 6.13. The van der Waals surface area contributed by atoms with E-state index < -0.39 is 33.0 Å². The Balaban J connectivity index is 1.79. The SMILES string of the molecule is COc1cc(S(=O)(=O)N2CC(CC(C)(C)C(=O)O)Cc3ccc(C=Cc4c(F)cccc4Cl)cc32)ccc1F. The number of sulfonamides is 1. The highest BCUT2D eigenvalue weighted by Gasteiger charge is 2.38. The van der Waals surface area contributed by atoms with Gasteiger partial charge in [0.05, 0.1) is 28.1 Å². The molecule has 0 spiro atoms.